The monoisotopic (exact) mass is 368 g/mol. The number of halogens is 2. The lowest BCUT2D eigenvalue weighted by Crippen LogP contribution is -2.54. The molecule has 3 aliphatic rings. The Bertz CT molecular complexity index is 608. The number of piperidine rings is 1. The maximum atomic E-state index is 13.2. The second kappa shape index (κ2) is 6.67. The fraction of sp³-hybridized carbons (Fsp3) is 0.833. The summed E-state index contributed by atoms with van der Waals surface area (Å²) in [6, 6.07) is 0.594. The first-order valence-electron chi connectivity index (χ1n) is 9.33. The summed E-state index contributed by atoms with van der Waals surface area (Å²) >= 11 is 0. The van der Waals surface area contributed by atoms with E-state index in [1.807, 2.05) is 6.07 Å². The summed E-state index contributed by atoms with van der Waals surface area (Å²) in [5, 5.41) is 14.3. The molecule has 0 unspecified atom stereocenters. The minimum Gasteiger partial charge on any atom is -0.336 e. The van der Waals surface area contributed by atoms with Crippen molar-refractivity contribution < 1.29 is 18.4 Å². The van der Waals surface area contributed by atoms with Gasteiger partial charge >= 0.3 is 6.03 Å². The van der Waals surface area contributed by atoms with Gasteiger partial charge in [-0.05, 0) is 57.3 Å². The largest absolute Gasteiger partial charge is 0.336 e. The number of hydrogen-bond acceptors (Lipinski definition) is 3. The zero-order chi connectivity index (χ0) is 19.0. The Morgan fingerprint density at radius 3 is 2.27 bits per heavy atom. The molecule has 1 spiro atoms. The molecule has 2 saturated carbocycles. The summed E-state index contributed by atoms with van der Waals surface area (Å²) in [5.41, 5.74) is -0.471. The third-order valence-corrected chi connectivity index (χ3v) is 5.88. The van der Waals surface area contributed by atoms with E-state index in [2.05, 4.69) is 10.6 Å². The van der Waals surface area contributed by atoms with Crippen molar-refractivity contribution in [3.63, 3.8) is 0 Å². The predicted molar refractivity (Wildman–Crippen MR) is 90.4 cm³/mol. The standard InChI is InChI=1S/C18H26F2N4O2/c1-16(19,20)3-2-13(14(25)23-18(12-21)6-7-18)22-15(26)24-10-8-17(4-5-17)9-11-24/h13H,2-11H2,1H3,(H,22,26)(H,23,25)/t13-/m0/s1. The second-order valence-corrected chi connectivity index (χ2v) is 8.28. The Balaban J connectivity index is 1.57. The second-order valence-electron chi connectivity index (χ2n) is 8.28. The normalized spacial score (nSPS) is 23.7. The van der Waals surface area contributed by atoms with E-state index in [9.17, 15) is 18.4 Å². The van der Waals surface area contributed by atoms with Crippen LogP contribution in [0.5, 0.6) is 0 Å². The van der Waals surface area contributed by atoms with Crippen molar-refractivity contribution in [2.75, 3.05) is 13.1 Å². The number of nitrogens with one attached hydrogen (secondary N) is 2. The number of likely N-dealkylation sites (tertiary alicyclic amines) is 1. The van der Waals surface area contributed by atoms with E-state index in [1.54, 1.807) is 4.90 Å². The molecule has 1 aliphatic heterocycles. The summed E-state index contributed by atoms with van der Waals surface area (Å²) in [4.78, 5) is 26.6. The minimum atomic E-state index is -2.92. The molecule has 0 bridgehead atoms. The van der Waals surface area contributed by atoms with Gasteiger partial charge < -0.3 is 15.5 Å². The maximum Gasteiger partial charge on any atom is 0.318 e. The number of alkyl halides is 2. The average molecular weight is 368 g/mol. The molecule has 3 rings (SSSR count). The van der Waals surface area contributed by atoms with Gasteiger partial charge in [-0.15, -0.1) is 0 Å². The molecular formula is C18H26F2N4O2. The highest BCUT2D eigenvalue weighted by atomic mass is 19.3. The van der Waals surface area contributed by atoms with Crippen LogP contribution in [0.15, 0.2) is 0 Å². The van der Waals surface area contributed by atoms with Gasteiger partial charge in [-0.25, -0.2) is 13.6 Å². The van der Waals surface area contributed by atoms with Crippen LogP contribution in [0.4, 0.5) is 13.6 Å². The molecule has 3 amide bonds. The van der Waals surface area contributed by atoms with Crippen molar-refractivity contribution in [1.82, 2.24) is 15.5 Å². The highest BCUT2D eigenvalue weighted by Gasteiger charge is 2.47. The van der Waals surface area contributed by atoms with Crippen LogP contribution >= 0.6 is 0 Å². The van der Waals surface area contributed by atoms with Crippen molar-refractivity contribution in [3.05, 3.63) is 0 Å². The van der Waals surface area contributed by atoms with Gasteiger partial charge in [-0.3, -0.25) is 4.79 Å². The van der Waals surface area contributed by atoms with Crippen molar-refractivity contribution in [2.45, 2.75) is 75.8 Å². The highest BCUT2D eigenvalue weighted by Crippen LogP contribution is 2.53. The number of carbonyl (C=O) groups excluding carboxylic acids is 2. The zero-order valence-corrected chi connectivity index (χ0v) is 15.1. The van der Waals surface area contributed by atoms with Gasteiger partial charge in [0.15, 0.2) is 0 Å². The van der Waals surface area contributed by atoms with E-state index < -0.39 is 29.8 Å². The molecule has 26 heavy (non-hydrogen) atoms. The number of amides is 3. The van der Waals surface area contributed by atoms with Gasteiger partial charge in [0, 0.05) is 19.5 Å². The van der Waals surface area contributed by atoms with Gasteiger partial charge in [0.05, 0.1) is 6.07 Å². The van der Waals surface area contributed by atoms with Gasteiger partial charge in [0.2, 0.25) is 11.8 Å². The Hall–Kier alpha value is -1.91. The van der Waals surface area contributed by atoms with Gasteiger partial charge in [-0.2, -0.15) is 5.26 Å². The summed E-state index contributed by atoms with van der Waals surface area (Å²) in [5.74, 6) is -3.48. The maximum absolute atomic E-state index is 13.2. The van der Waals surface area contributed by atoms with E-state index in [0.29, 0.717) is 31.3 Å². The highest BCUT2D eigenvalue weighted by molar-refractivity contribution is 5.88. The molecule has 6 nitrogen and oxygen atoms in total. The average Bonchev–Trinajstić information content (AvgIpc) is 3.50. The Kier molecular flexibility index (Phi) is 4.84. The first-order chi connectivity index (χ1) is 12.2. The summed E-state index contributed by atoms with van der Waals surface area (Å²) in [6.07, 6.45) is 4.78. The van der Waals surface area contributed by atoms with E-state index >= 15 is 0 Å². The third kappa shape index (κ3) is 4.63. The smallest absolute Gasteiger partial charge is 0.318 e. The number of nitrogens with zero attached hydrogens (tertiary/aromatic N) is 2. The van der Waals surface area contributed by atoms with E-state index in [-0.39, 0.29) is 12.5 Å². The van der Waals surface area contributed by atoms with Crippen molar-refractivity contribution in [1.29, 1.82) is 5.26 Å². The van der Waals surface area contributed by atoms with Crippen LogP contribution in [-0.2, 0) is 4.79 Å². The fourth-order valence-electron chi connectivity index (χ4n) is 3.48. The van der Waals surface area contributed by atoms with Crippen molar-refractivity contribution in [3.8, 4) is 6.07 Å². The van der Waals surface area contributed by atoms with Crippen LogP contribution in [0.25, 0.3) is 0 Å². The third-order valence-electron chi connectivity index (χ3n) is 5.88. The molecule has 3 fully saturated rings. The Labute approximate surface area is 152 Å². The molecule has 0 aromatic rings. The topological polar surface area (TPSA) is 85.2 Å². The van der Waals surface area contributed by atoms with Crippen LogP contribution in [0.3, 0.4) is 0 Å². The van der Waals surface area contributed by atoms with Gasteiger partial charge in [0.1, 0.15) is 11.6 Å². The molecule has 1 atom stereocenters. The van der Waals surface area contributed by atoms with Crippen LogP contribution in [0, 0.1) is 16.7 Å². The minimum absolute atomic E-state index is 0.166. The summed E-state index contributed by atoms with van der Waals surface area (Å²) in [7, 11) is 0. The van der Waals surface area contributed by atoms with Crippen LogP contribution in [0.1, 0.15) is 58.3 Å². The molecule has 1 saturated heterocycles. The molecule has 0 aromatic carbocycles. The van der Waals surface area contributed by atoms with Crippen LogP contribution in [0.2, 0.25) is 0 Å². The molecule has 0 aromatic heterocycles. The first kappa shape index (κ1) is 18.9. The van der Waals surface area contributed by atoms with Gasteiger partial charge in [0.25, 0.3) is 0 Å². The lowest BCUT2D eigenvalue weighted by Gasteiger charge is -2.33. The van der Waals surface area contributed by atoms with Gasteiger partial charge in [-0.1, -0.05) is 0 Å². The number of urea groups is 1. The lowest BCUT2D eigenvalue weighted by atomic mass is 9.94. The molecular weight excluding hydrogens is 342 g/mol. The van der Waals surface area contributed by atoms with E-state index in [0.717, 1.165) is 19.8 Å². The van der Waals surface area contributed by atoms with Crippen molar-refractivity contribution in [2.24, 2.45) is 5.41 Å². The van der Waals surface area contributed by atoms with E-state index in [4.69, 9.17) is 5.26 Å². The molecule has 2 N–H and O–H groups in total. The number of rotatable bonds is 6. The predicted octanol–water partition coefficient (Wildman–Crippen LogP) is 2.55. The van der Waals surface area contributed by atoms with E-state index in [1.165, 1.54) is 12.8 Å². The molecule has 2 aliphatic carbocycles. The Morgan fingerprint density at radius 1 is 1.19 bits per heavy atom. The number of nitriles is 1. The quantitative estimate of drug-likeness (QED) is 0.755. The first-order valence-corrected chi connectivity index (χ1v) is 9.33. The zero-order valence-electron chi connectivity index (χ0n) is 15.1. The fourth-order valence-corrected chi connectivity index (χ4v) is 3.48. The molecule has 1 heterocycles. The number of hydrogen-bond donors (Lipinski definition) is 2. The van der Waals surface area contributed by atoms with Crippen molar-refractivity contribution >= 4 is 11.9 Å². The Morgan fingerprint density at radius 2 is 1.81 bits per heavy atom. The van der Waals surface area contributed by atoms with Crippen LogP contribution < -0.4 is 10.6 Å². The lowest BCUT2D eigenvalue weighted by molar-refractivity contribution is -0.124. The summed E-state index contributed by atoms with van der Waals surface area (Å²) < 4.78 is 26.5. The van der Waals surface area contributed by atoms with Crippen LogP contribution in [-0.4, -0.2) is 47.4 Å². The number of carbonyl (C=O) groups is 2. The SMILES string of the molecule is CC(F)(F)CC[C@H](NC(=O)N1CCC2(CC1)CC2)C(=O)NC1(C#N)CC1. The molecule has 0 radical (unpaired) electrons. The molecule has 8 heteroatoms. The molecule has 144 valence electrons. The summed E-state index contributed by atoms with van der Waals surface area (Å²) in [6.45, 7) is 2.06.